The van der Waals surface area contributed by atoms with Crippen LogP contribution in [-0.4, -0.2) is 63.5 Å². The summed E-state index contributed by atoms with van der Waals surface area (Å²) in [5.74, 6) is -0.278. The van der Waals surface area contributed by atoms with Crippen molar-refractivity contribution >= 4 is 15.9 Å². The zero-order valence-electron chi connectivity index (χ0n) is 13.4. The number of rotatable bonds is 9. The number of sulfonamides is 1. The first-order valence-corrected chi connectivity index (χ1v) is 9.04. The smallest absolute Gasteiger partial charge is 0.235 e. The molecule has 22 heavy (non-hydrogen) atoms. The Hall–Kier alpha value is -1.44. The molecule has 0 aliphatic rings. The lowest BCUT2D eigenvalue weighted by atomic mass is 10.2. The number of benzene rings is 1. The van der Waals surface area contributed by atoms with Gasteiger partial charge in [0.05, 0.1) is 12.8 Å². The maximum Gasteiger partial charge on any atom is 0.235 e. The van der Waals surface area contributed by atoms with Gasteiger partial charge in [0, 0.05) is 13.1 Å². The van der Waals surface area contributed by atoms with Gasteiger partial charge in [-0.25, -0.2) is 8.42 Å². The highest BCUT2D eigenvalue weighted by atomic mass is 32.2. The van der Waals surface area contributed by atoms with Gasteiger partial charge in [-0.1, -0.05) is 30.3 Å². The van der Waals surface area contributed by atoms with E-state index >= 15 is 0 Å². The van der Waals surface area contributed by atoms with Gasteiger partial charge in [0.1, 0.15) is 0 Å². The Morgan fingerprint density at radius 3 is 2.36 bits per heavy atom. The minimum atomic E-state index is -3.44. The van der Waals surface area contributed by atoms with Crippen molar-refractivity contribution in [3.63, 3.8) is 0 Å². The minimum Gasteiger partial charge on any atom is -0.355 e. The molecule has 1 rings (SSSR count). The predicted octanol–water partition coefficient (Wildman–Crippen LogP) is 0.516. The molecule has 0 bridgehead atoms. The number of nitrogens with one attached hydrogen (secondary N) is 1. The Labute approximate surface area is 133 Å². The lowest BCUT2D eigenvalue weighted by molar-refractivity contribution is -0.121. The van der Waals surface area contributed by atoms with E-state index in [2.05, 4.69) is 5.32 Å². The Balaban J connectivity index is 2.53. The van der Waals surface area contributed by atoms with Gasteiger partial charge in [-0.15, -0.1) is 0 Å². The molecule has 6 nitrogen and oxygen atoms in total. The number of hydrogen-bond acceptors (Lipinski definition) is 4. The van der Waals surface area contributed by atoms with Crippen LogP contribution in [-0.2, 0) is 21.4 Å². The maximum atomic E-state index is 11.9. The number of nitrogens with zero attached hydrogens (tertiary/aromatic N) is 2. The Morgan fingerprint density at radius 2 is 1.82 bits per heavy atom. The van der Waals surface area contributed by atoms with E-state index in [0.29, 0.717) is 6.54 Å². The van der Waals surface area contributed by atoms with E-state index in [1.807, 2.05) is 49.3 Å². The van der Waals surface area contributed by atoms with E-state index in [0.717, 1.165) is 24.8 Å². The van der Waals surface area contributed by atoms with Crippen molar-refractivity contribution < 1.29 is 13.2 Å². The molecule has 0 spiro atoms. The molecule has 1 amide bonds. The van der Waals surface area contributed by atoms with Crippen LogP contribution in [0.3, 0.4) is 0 Å². The third-order valence-electron chi connectivity index (χ3n) is 3.10. The summed E-state index contributed by atoms with van der Waals surface area (Å²) in [6.45, 7) is 1.46. The number of carbonyl (C=O) groups excluding carboxylic acids is 1. The molecule has 0 aliphatic heterocycles. The van der Waals surface area contributed by atoms with Gasteiger partial charge >= 0.3 is 0 Å². The highest BCUT2D eigenvalue weighted by Gasteiger charge is 2.20. The van der Waals surface area contributed by atoms with Crippen molar-refractivity contribution in [3.05, 3.63) is 35.9 Å². The van der Waals surface area contributed by atoms with Crippen molar-refractivity contribution in [2.75, 3.05) is 40.0 Å². The summed E-state index contributed by atoms with van der Waals surface area (Å²) in [6.07, 6.45) is 1.95. The zero-order chi connectivity index (χ0) is 16.6. The van der Waals surface area contributed by atoms with Gasteiger partial charge in [0.2, 0.25) is 15.9 Å². The fraction of sp³-hybridized carbons (Fsp3) is 0.533. The van der Waals surface area contributed by atoms with Crippen molar-refractivity contribution in [1.29, 1.82) is 0 Å². The van der Waals surface area contributed by atoms with Crippen LogP contribution in [0.25, 0.3) is 0 Å². The predicted molar refractivity (Wildman–Crippen MR) is 87.9 cm³/mol. The van der Waals surface area contributed by atoms with Crippen molar-refractivity contribution in [1.82, 2.24) is 14.5 Å². The summed E-state index contributed by atoms with van der Waals surface area (Å²) in [6, 6.07) is 9.24. The molecular weight excluding hydrogens is 302 g/mol. The second kappa shape index (κ2) is 8.87. The van der Waals surface area contributed by atoms with Gasteiger partial charge in [0.15, 0.2) is 0 Å². The fourth-order valence-corrected chi connectivity index (χ4v) is 2.65. The van der Waals surface area contributed by atoms with Crippen LogP contribution in [0.1, 0.15) is 12.0 Å². The third-order valence-corrected chi connectivity index (χ3v) is 4.29. The van der Waals surface area contributed by atoms with Gasteiger partial charge < -0.3 is 10.2 Å². The van der Waals surface area contributed by atoms with Crippen LogP contribution in [0.2, 0.25) is 0 Å². The standard InChI is InChI=1S/C15H25N3O3S/c1-17(2)11-7-10-16-15(19)13-18(22(3,20)21)12-14-8-5-4-6-9-14/h4-6,8-9H,7,10-13H2,1-3H3,(H,16,19). The summed E-state index contributed by atoms with van der Waals surface area (Å²) >= 11 is 0. The molecular formula is C15H25N3O3S. The number of carbonyl (C=O) groups is 1. The van der Waals surface area contributed by atoms with E-state index in [1.54, 1.807) is 0 Å². The summed E-state index contributed by atoms with van der Waals surface area (Å²) in [5.41, 5.74) is 0.855. The lowest BCUT2D eigenvalue weighted by Crippen LogP contribution is -2.40. The fourth-order valence-electron chi connectivity index (χ4n) is 1.92. The molecule has 0 saturated carbocycles. The molecule has 124 valence electrons. The average molecular weight is 327 g/mol. The zero-order valence-corrected chi connectivity index (χ0v) is 14.3. The molecule has 0 saturated heterocycles. The van der Waals surface area contributed by atoms with Crippen molar-refractivity contribution in [3.8, 4) is 0 Å². The second-order valence-corrected chi connectivity index (χ2v) is 7.51. The molecule has 0 heterocycles. The molecule has 0 aliphatic carbocycles. The highest BCUT2D eigenvalue weighted by Crippen LogP contribution is 2.07. The third kappa shape index (κ3) is 7.53. The highest BCUT2D eigenvalue weighted by molar-refractivity contribution is 7.88. The van der Waals surface area contributed by atoms with Gasteiger partial charge in [-0.2, -0.15) is 4.31 Å². The molecule has 0 unspecified atom stereocenters. The van der Waals surface area contributed by atoms with Crippen LogP contribution in [0.4, 0.5) is 0 Å². The SMILES string of the molecule is CN(C)CCCNC(=O)CN(Cc1ccccc1)S(C)(=O)=O. The Morgan fingerprint density at radius 1 is 1.18 bits per heavy atom. The maximum absolute atomic E-state index is 11.9. The van der Waals surface area contributed by atoms with Gasteiger partial charge in [-0.3, -0.25) is 4.79 Å². The first-order chi connectivity index (χ1) is 10.3. The Kier molecular flexibility index (Phi) is 7.50. The summed E-state index contributed by atoms with van der Waals surface area (Å²) in [4.78, 5) is 13.9. The van der Waals surface area contributed by atoms with E-state index in [-0.39, 0.29) is 19.0 Å². The first kappa shape index (κ1) is 18.6. The topological polar surface area (TPSA) is 69.7 Å². The molecule has 0 aromatic heterocycles. The van der Waals surface area contributed by atoms with Crippen LogP contribution >= 0.6 is 0 Å². The molecule has 1 aromatic rings. The van der Waals surface area contributed by atoms with E-state index < -0.39 is 10.0 Å². The molecule has 0 atom stereocenters. The Bertz CT molecular complexity index is 559. The van der Waals surface area contributed by atoms with Crippen LogP contribution in [0.15, 0.2) is 30.3 Å². The number of hydrogen-bond donors (Lipinski definition) is 1. The average Bonchev–Trinajstić information content (AvgIpc) is 2.43. The normalized spacial score (nSPS) is 11.9. The van der Waals surface area contributed by atoms with Crippen molar-refractivity contribution in [2.24, 2.45) is 0 Å². The molecule has 1 N–H and O–H groups in total. The summed E-state index contributed by atoms with van der Waals surface area (Å²) in [7, 11) is 0.493. The van der Waals surface area contributed by atoms with Crippen LogP contribution in [0, 0.1) is 0 Å². The van der Waals surface area contributed by atoms with Crippen LogP contribution in [0.5, 0.6) is 0 Å². The molecule has 0 fully saturated rings. The number of amides is 1. The second-order valence-electron chi connectivity index (χ2n) is 5.52. The lowest BCUT2D eigenvalue weighted by Gasteiger charge is -2.19. The summed E-state index contributed by atoms with van der Waals surface area (Å²) < 4.78 is 24.8. The molecule has 0 radical (unpaired) electrons. The van der Waals surface area contributed by atoms with E-state index in [9.17, 15) is 13.2 Å². The van der Waals surface area contributed by atoms with Gasteiger partial charge in [-0.05, 0) is 32.6 Å². The summed E-state index contributed by atoms with van der Waals surface area (Å²) in [5, 5.41) is 2.75. The largest absolute Gasteiger partial charge is 0.355 e. The minimum absolute atomic E-state index is 0.157. The molecule has 1 aromatic carbocycles. The van der Waals surface area contributed by atoms with E-state index in [4.69, 9.17) is 0 Å². The van der Waals surface area contributed by atoms with Crippen molar-refractivity contribution in [2.45, 2.75) is 13.0 Å². The molecule has 7 heteroatoms. The first-order valence-electron chi connectivity index (χ1n) is 7.19. The monoisotopic (exact) mass is 327 g/mol. The van der Waals surface area contributed by atoms with E-state index in [1.165, 1.54) is 4.31 Å². The van der Waals surface area contributed by atoms with Gasteiger partial charge in [0.25, 0.3) is 0 Å². The van der Waals surface area contributed by atoms with Crippen LogP contribution < -0.4 is 5.32 Å². The quantitative estimate of drug-likeness (QED) is 0.671.